The normalized spacial score (nSPS) is 10.4. The number of hydrogen-bond acceptors (Lipinski definition) is 5. The quantitative estimate of drug-likeness (QED) is 0.628. The summed E-state index contributed by atoms with van der Waals surface area (Å²) in [6, 6.07) is 10.5. The third kappa shape index (κ3) is 2.95. The van der Waals surface area contributed by atoms with Crippen LogP contribution in [0.1, 0.15) is 11.1 Å². The van der Waals surface area contributed by atoms with Crippen molar-refractivity contribution < 1.29 is 20.1 Å². The van der Waals surface area contributed by atoms with Crippen molar-refractivity contribution in [1.82, 2.24) is 5.32 Å². The number of nitrogens with one attached hydrogen (secondary N) is 1. The first-order valence-corrected chi connectivity index (χ1v) is 6.19. The Bertz CT molecular complexity index is 598. The number of methoxy groups -OCH3 is 1. The lowest BCUT2D eigenvalue weighted by molar-refractivity contribution is 0.364. The van der Waals surface area contributed by atoms with E-state index in [4.69, 9.17) is 4.74 Å². The predicted octanol–water partition coefficient (Wildman–Crippen LogP) is 2.10. The third-order valence-corrected chi connectivity index (χ3v) is 3.04. The molecule has 0 saturated heterocycles. The number of ether oxygens (including phenoxy) is 1. The summed E-state index contributed by atoms with van der Waals surface area (Å²) in [6.07, 6.45) is 0. The molecule has 0 spiro atoms. The summed E-state index contributed by atoms with van der Waals surface area (Å²) in [6.45, 7) is 0.919. The van der Waals surface area contributed by atoms with Crippen molar-refractivity contribution in [1.29, 1.82) is 0 Å². The second kappa shape index (κ2) is 6.16. The minimum absolute atomic E-state index is 0.308. The lowest BCUT2D eigenvalue weighted by atomic mass is 10.1. The molecule has 0 fully saturated rings. The Kier molecular flexibility index (Phi) is 4.32. The molecule has 0 bridgehead atoms. The van der Waals surface area contributed by atoms with Gasteiger partial charge < -0.3 is 25.4 Å². The zero-order valence-electron chi connectivity index (χ0n) is 11.1. The standard InChI is InChI=1S/C15H17NO4/c1-20-13-5-3-2-4-10(13)8-16-9-11-6-7-12(17)15(19)14(11)18/h2-7,16-19H,8-9H2,1H3. The molecule has 5 heteroatoms. The number of para-hydroxylation sites is 1. The van der Waals surface area contributed by atoms with E-state index in [0.29, 0.717) is 18.7 Å². The van der Waals surface area contributed by atoms with E-state index in [0.717, 1.165) is 11.3 Å². The summed E-state index contributed by atoms with van der Waals surface area (Å²) in [5.74, 6) is -0.354. The van der Waals surface area contributed by atoms with Gasteiger partial charge in [0, 0.05) is 24.2 Å². The molecule has 2 aromatic carbocycles. The van der Waals surface area contributed by atoms with E-state index in [2.05, 4.69) is 5.32 Å². The van der Waals surface area contributed by atoms with E-state index in [1.807, 2.05) is 24.3 Å². The van der Waals surface area contributed by atoms with Crippen LogP contribution in [0.4, 0.5) is 0 Å². The number of rotatable bonds is 5. The topological polar surface area (TPSA) is 82.0 Å². The van der Waals surface area contributed by atoms with Gasteiger partial charge in [-0.25, -0.2) is 0 Å². The maximum atomic E-state index is 9.70. The number of phenolic OH excluding ortho intramolecular Hbond substituents is 3. The highest BCUT2D eigenvalue weighted by Crippen LogP contribution is 2.36. The Labute approximate surface area is 117 Å². The zero-order chi connectivity index (χ0) is 14.5. The molecule has 0 amide bonds. The molecule has 0 aromatic heterocycles. The van der Waals surface area contributed by atoms with Crippen molar-refractivity contribution in [2.24, 2.45) is 0 Å². The highest BCUT2D eigenvalue weighted by Gasteiger charge is 2.10. The van der Waals surface area contributed by atoms with Crippen molar-refractivity contribution in [2.75, 3.05) is 7.11 Å². The molecule has 5 nitrogen and oxygen atoms in total. The van der Waals surface area contributed by atoms with Gasteiger partial charge in [0.1, 0.15) is 5.75 Å². The summed E-state index contributed by atoms with van der Waals surface area (Å²) >= 11 is 0. The van der Waals surface area contributed by atoms with Gasteiger partial charge in [0.05, 0.1) is 7.11 Å². The van der Waals surface area contributed by atoms with E-state index in [9.17, 15) is 15.3 Å². The number of aromatic hydroxyl groups is 3. The molecular weight excluding hydrogens is 258 g/mol. The second-order valence-electron chi connectivity index (χ2n) is 4.36. The molecule has 0 heterocycles. The lowest BCUT2D eigenvalue weighted by Gasteiger charge is -2.11. The lowest BCUT2D eigenvalue weighted by Crippen LogP contribution is -2.13. The first-order valence-electron chi connectivity index (χ1n) is 6.19. The van der Waals surface area contributed by atoms with Gasteiger partial charge in [-0.05, 0) is 12.1 Å². The Hall–Kier alpha value is -2.40. The summed E-state index contributed by atoms with van der Waals surface area (Å²) in [7, 11) is 1.61. The average molecular weight is 275 g/mol. The number of benzene rings is 2. The van der Waals surface area contributed by atoms with Crippen molar-refractivity contribution in [3.63, 3.8) is 0 Å². The summed E-state index contributed by atoms with van der Waals surface area (Å²) < 4.78 is 5.24. The van der Waals surface area contributed by atoms with Crippen LogP contribution in [-0.2, 0) is 13.1 Å². The van der Waals surface area contributed by atoms with Gasteiger partial charge in [0.25, 0.3) is 0 Å². The molecule has 0 aliphatic rings. The van der Waals surface area contributed by atoms with Crippen LogP contribution in [0.3, 0.4) is 0 Å². The SMILES string of the molecule is COc1ccccc1CNCc1ccc(O)c(O)c1O. The van der Waals surface area contributed by atoms with E-state index in [-0.39, 0.29) is 11.5 Å². The monoisotopic (exact) mass is 275 g/mol. The Balaban J connectivity index is 2.01. The Morgan fingerprint density at radius 1 is 0.900 bits per heavy atom. The fourth-order valence-corrected chi connectivity index (χ4v) is 1.93. The van der Waals surface area contributed by atoms with Crippen LogP contribution in [0.5, 0.6) is 23.0 Å². The highest BCUT2D eigenvalue weighted by atomic mass is 16.5. The van der Waals surface area contributed by atoms with Gasteiger partial charge in [-0.15, -0.1) is 0 Å². The van der Waals surface area contributed by atoms with Gasteiger partial charge in [0.15, 0.2) is 11.5 Å². The van der Waals surface area contributed by atoms with Gasteiger partial charge in [-0.2, -0.15) is 0 Å². The largest absolute Gasteiger partial charge is 0.504 e. The molecule has 106 valence electrons. The van der Waals surface area contributed by atoms with Gasteiger partial charge in [-0.3, -0.25) is 0 Å². The van der Waals surface area contributed by atoms with Crippen LogP contribution in [0.25, 0.3) is 0 Å². The molecule has 4 N–H and O–H groups in total. The van der Waals surface area contributed by atoms with Crippen molar-refractivity contribution >= 4 is 0 Å². The fraction of sp³-hybridized carbons (Fsp3) is 0.200. The van der Waals surface area contributed by atoms with E-state index < -0.39 is 5.75 Å². The molecule has 0 saturated carbocycles. The summed E-state index contributed by atoms with van der Waals surface area (Å²) in [4.78, 5) is 0. The van der Waals surface area contributed by atoms with Crippen LogP contribution < -0.4 is 10.1 Å². The Morgan fingerprint density at radius 3 is 2.35 bits per heavy atom. The molecule has 2 aromatic rings. The predicted molar refractivity (Wildman–Crippen MR) is 75.0 cm³/mol. The molecule has 0 aliphatic carbocycles. The minimum Gasteiger partial charge on any atom is -0.504 e. The van der Waals surface area contributed by atoms with Crippen LogP contribution in [-0.4, -0.2) is 22.4 Å². The molecule has 0 aliphatic heterocycles. The van der Waals surface area contributed by atoms with Crippen molar-refractivity contribution in [3.8, 4) is 23.0 Å². The molecule has 2 rings (SSSR count). The van der Waals surface area contributed by atoms with E-state index in [1.54, 1.807) is 13.2 Å². The maximum Gasteiger partial charge on any atom is 0.200 e. The van der Waals surface area contributed by atoms with Gasteiger partial charge in [-0.1, -0.05) is 24.3 Å². The summed E-state index contributed by atoms with van der Waals surface area (Å²) in [5.41, 5.74) is 1.51. The molecule has 0 radical (unpaired) electrons. The Morgan fingerprint density at radius 2 is 1.60 bits per heavy atom. The summed E-state index contributed by atoms with van der Waals surface area (Å²) in [5, 5.41) is 31.5. The van der Waals surface area contributed by atoms with Gasteiger partial charge in [0.2, 0.25) is 5.75 Å². The molecule has 0 unspecified atom stereocenters. The van der Waals surface area contributed by atoms with Crippen molar-refractivity contribution in [2.45, 2.75) is 13.1 Å². The van der Waals surface area contributed by atoms with Crippen molar-refractivity contribution in [3.05, 3.63) is 47.5 Å². The molecular formula is C15H17NO4. The number of hydrogen-bond donors (Lipinski definition) is 4. The first-order chi connectivity index (χ1) is 9.63. The third-order valence-electron chi connectivity index (χ3n) is 3.04. The fourth-order valence-electron chi connectivity index (χ4n) is 1.93. The van der Waals surface area contributed by atoms with Crippen LogP contribution >= 0.6 is 0 Å². The van der Waals surface area contributed by atoms with Crippen LogP contribution in [0.15, 0.2) is 36.4 Å². The highest BCUT2D eigenvalue weighted by molar-refractivity contribution is 5.53. The second-order valence-corrected chi connectivity index (χ2v) is 4.36. The van der Waals surface area contributed by atoms with Crippen LogP contribution in [0, 0.1) is 0 Å². The smallest absolute Gasteiger partial charge is 0.200 e. The van der Waals surface area contributed by atoms with E-state index >= 15 is 0 Å². The minimum atomic E-state index is -0.499. The van der Waals surface area contributed by atoms with Gasteiger partial charge >= 0.3 is 0 Å². The zero-order valence-corrected chi connectivity index (χ0v) is 11.1. The van der Waals surface area contributed by atoms with Crippen LogP contribution in [0.2, 0.25) is 0 Å². The maximum absolute atomic E-state index is 9.70. The molecule has 20 heavy (non-hydrogen) atoms. The average Bonchev–Trinajstić information content (AvgIpc) is 2.47. The number of phenols is 3. The van der Waals surface area contributed by atoms with E-state index in [1.165, 1.54) is 6.07 Å². The first kappa shape index (κ1) is 14.0. The molecule has 0 atom stereocenters.